The Morgan fingerprint density at radius 3 is 2.60 bits per heavy atom. The molecule has 0 saturated heterocycles. The standard InChI is InChI=1S/C14H22N2O3S/c1-4-8-15-14(17)9-16-13-7-5-6-12(11(13)2)10-20(3,18)19/h5-7,16H,4,8-10H2,1-3H3,(H,15,17). The molecule has 0 aromatic heterocycles. The average Bonchev–Trinajstić information content (AvgIpc) is 2.36. The molecule has 1 aromatic rings. The zero-order valence-corrected chi connectivity index (χ0v) is 13.0. The van der Waals surface area contributed by atoms with Crippen LogP contribution in [0.1, 0.15) is 24.5 Å². The molecule has 1 aromatic carbocycles. The van der Waals surface area contributed by atoms with E-state index in [9.17, 15) is 13.2 Å². The van der Waals surface area contributed by atoms with Gasteiger partial charge in [0, 0.05) is 18.5 Å². The predicted molar refractivity (Wildman–Crippen MR) is 81.5 cm³/mol. The normalized spacial score (nSPS) is 11.2. The second-order valence-electron chi connectivity index (χ2n) is 4.86. The Morgan fingerprint density at radius 2 is 2.00 bits per heavy atom. The van der Waals surface area contributed by atoms with Crippen LogP contribution in [0.25, 0.3) is 0 Å². The maximum atomic E-state index is 11.5. The van der Waals surface area contributed by atoms with Crippen LogP contribution in [0.4, 0.5) is 5.69 Å². The molecule has 112 valence electrons. The van der Waals surface area contributed by atoms with Crippen LogP contribution in [-0.2, 0) is 20.4 Å². The van der Waals surface area contributed by atoms with Gasteiger partial charge in [-0.05, 0) is 30.5 Å². The zero-order valence-electron chi connectivity index (χ0n) is 12.2. The second kappa shape index (κ2) is 7.28. The van der Waals surface area contributed by atoms with Crippen molar-refractivity contribution in [3.8, 4) is 0 Å². The molecule has 0 aliphatic heterocycles. The van der Waals surface area contributed by atoms with E-state index in [1.807, 2.05) is 19.9 Å². The Bertz CT molecular complexity index is 568. The highest BCUT2D eigenvalue weighted by Crippen LogP contribution is 2.20. The van der Waals surface area contributed by atoms with E-state index in [0.29, 0.717) is 6.54 Å². The van der Waals surface area contributed by atoms with Crippen LogP contribution in [0.2, 0.25) is 0 Å². The average molecular weight is 298 g/mol. The summed E-state index contributed by atoms with van der Waals surface area (Å²) in [7, 11) is -3.07. The van der Waals surface area contributed by atoms with Gasteiger partial charge >= 0.3 is 0 Å². The van der Waals surface area contributed by atoms with Crippen molar-refractivity contribution in [2.45, 2.75) is 26.0 Å². The molecule has 2 N–H and O–H groups in total. The van der Waals surface area contributed by atoms with Crippen molar-refractivity contribution >= 4 is 21.4 Å². The molecule has 1 amide bonds. The number of nitrogens with one attached hydrogen (secondary N) is 2. The summed E-state index contributed by atoms with van der Waals surface area (Å²) in [5, 5.41) is 5.82. The van der Waals surface area contributed by atoms with Crippen LogP contribution in [0.3, 0.4) is 0 Å². The van der Waals surface area contributed by atoms with Gasteiger partial charge in [-0.15, -0.1) is 0 Å². The number of rotatable bonds is 7. The summed E-state index contributed by atoms with van der Waals surface area (Å²) in [4.78, 5) is 11.5. The van der Waals surface area contributed by atoms with Crippen molar-refractivity contribution in [3.63, 3.8) is 0 Å². The highest BCUT2D eigenvalue weighted by molar-refractivity contribution is 7.89. The van der Waals surface area contributed by atoms with E-state index in [-0.39, 0.29) is 18.2 Å². The third kappa shape index (κ3) is 5.61. The third-order valence-corrected chi connectivity index (χ3v) is 3.71. The Morgan fingerprint density at radius 1 is 1.30 bits per heavy atom. The summed E-state index contributed by atoms with van der Waals surface area (Å²) >= 11 is 0. The van der Waals surface area contributed by atoms with Crippen LogP contribution in [-0.4, -0.2) is 33.7 Å². The summed E-state index contributed by atoms with van der Waals surface area (Å²) in [5.41, 5.74) is 2.41. The molecular weight excluding hydrogens is 276 g/mol. The Kier molecular flexibility index (Phi) is 6.01. The SMILES string of the molecule is CCCNC(=O)CNc1cccc(CS(C)(=O)=O)c1C. The first-order valence-electron chi connectivity index (χ1n) is 6.60. The van der Waals surface area contributed by atoms with Gasteiger partial charge < -0.3 is 10.6 Å². The summed E-state index contributed by atoms with van der Waals surface area (Å²) in [6.45, 7) is 4.69. The van der Waals surface area contributed by atoms with Crippen LogP contribution >= 0.6 is 0 Å². The Balaban J connectivity index is 2.72. The maximum absolute atomic E-state index is 11.5. The van der Waals surface area contributed by atoms with E-state index >= 15 is 0 Å². The molecule has 0 radical (unpaired) electrons. The van der Waals surface area contributed by atoms with E-state index in [2.05, 4.69) is 10.6 Å². The van der Waals surface area contributed by atoms with Gasteiger partial charge in [-0.25, -0.2) is 8.42 Å². The quantitative estimate of drug-likeness (QED) is 0.799. The summed E-state index contributed by atoms with van der Waals surface area (Å²) in [6.07, 6.45) is 2.11. The number of carbonyl (C=O) groups is 1. The number of amides is 1. The lowest BCUT2D eigenvalue weighted by atomic mass is 10.1. The Hall–Kier alpha value is -1.56. The number of carbonyl (C=O) groups excluding carboxylic acids is 1. The van der Waals surface area contributed by atoms with Crippen LogP contribution in [0.5, 0.6) is 0 Å². The van der Waals surface area contributed by atoms with Gasteiger partial charge in [0.2, 0.25) is 5.91 Å². The summed E-state index contributed by atoms with van der Waals surface area (Å²) in [6, 6.07) is 5.42. The van der Waals surface area contributed by atoms with Crippen molar-refractivity contribution in [2.75, 3.05) is 24.7 Å². The molecule has 5 nitrogen and oxygen atoms in total. The van der Waals surface area contributed by atoms with Crippen molar-refractivity contribution in [1.82, 2.24) is 5.32 Å². The minimum Gasteiger partial charge on any atom is -0.376 e. The summed E-state index contributed by atoms with van der Waals surface area (Å²) < 4.78 is 22.7. The maximum Gasteiger partial charge on any atom is 0.239 e. The van der Waals surface area contributed by atoms with Crippen LogP contribution in [0, 0.1) is 6.92 Å². The smallest absolute Gasteiger partial charge is 0.239 e. The first kappa shape index (κ1) is 16.5. The molecule has 20 heavy (non-hydrogen) atoms. The van der Waals surface area contributed by atoms with Crippen molar-refractivity contribution in [2.24, 2.45) is 0 Å². The van der Waals surface area contributed by atoms with E-state index in [1.54, 1.807) is 12.1 Å². The predicted octanol–water partition coefficient (Wildman–Crippen LogP) is 1.48. The molecule has 6 heteroatoms. The lowest BCUT2D eigenvalue weighted by Gasteiger charge is -2.13. The van der Waals surface area contributed by atoms with Gasteiger partial charge in [0.05, 0.1) is 12.3 Å². The van der Waals surface area contributed by atoms with Gasteiger partial charge in [-0.2, -0.15) is 0 Å². The minimum atomic E-state index is -3.07. The molecule has 0 saturated carbocycles. The minimum absolute atomic E-state index is 0.0103. The van der Waals surface area contributed by atoms with Crippen molar-refractivity contribution in [1.29, 1.82) is 0 Å². The highest BCUT2D eigenvalue weighted by Gasteiger charge is 2.10. The lowest BCUT2D eigenvalue weighted by molar-refractivity contribution is -0.119. The number of hydrogen-bond acceptors (Lipinski definition) is 4. The molecule has 0 heterocycles. The van der Waals surface area contributed by atoms with Crippen molar-refractivity contribution in [3.05, 3.63) is 29.3 Å². The highest BCUT2D eigenvalue weighted by atomic mass is 32.2. The van der Waals surface area contributed by atoms with Gasteiger partial charge in [-0.1, -0.05) is 19.1 Å². The number of anilines is 1. The molecule has 0 spiro atoms. The number of sulfone groups is 1. The first-order valence-corrected chi connectivity index (χ1v) is 8.66. The third-order valence-electron chi connectivity index (χ3n) is 2.88. The Labute approximate surface area is 120 Å². The molecule has 0 atom stereocenters. The van der Waals surface area contributed by atoms with Gasteiger partial charge in [0.1, 0.15) is 0 Å². The van der Waals surface area contributed by atoms with Crippen LogP contribution < -0.4 is 10.6 Å². The lowest BCUT2D eigenvalue weighted by Crippen LogP contribution is -2.30. The fourth-order valence-corrected chi connectivity index (χ4v) is 2.69. The van der Waals surface area contributed by atoms with E-state index < -0.39 is 9.84 Å². The van der Waals surface area contributed by atoms with Gasteiger partial charge in [0.25, 0.3) is 0 Å². The number of hydrogen-bond donors (Lipinski definition) is 2. The molecule has 0 bridgehead atoms. The van der Waals surface area contributed by atoms with Gasteiger partial charge in [0.15, 0.2) is 9.84 Å². The molecule has 0 unspecified atom stereocenters. The molecule has 0 aliphatic rings. The van der Waals surface area contributed by atoms with E-state index in [1.165, 1.54) is 6.26 Å². The van der Waals surface area contributed by atoms with Gasteiger partial charge in [-0.3, -0.25) is 4.79 Å². The summed E-state index contributed by atoms with van der Waals surface area (Å²) in [5.74, 6) is -0.0594. The van der Waals surface area contributed by atoms with Crippen molar-refractivity contribution < 1.29 is 13.2 Å². The first-order chi connectivity index (χ1) is 9.33. The zero-order chi connectivity index (χ0) is 15.2. The number of benzene rings is 1. The monoisotopic (exact) mass is 298 g/mol. The molecule has 0 aliphatic carbocycles. The molecular formula is C14H22N2O3S. The fourth-order valence-electron chi connectivity index (χ4n) is 1.82. The largest absolute Gasteiger partial charge is 0.376 e. The topological polar surface area (TPSA) is 75.3 Å². The van der Waals surface area contributed by atoms with E-state index in [0.717, 1.165) is 23.2 Å². The molecule has 0 fully saturated rings. The van der Waals surface area contributed by atoms with Crippen LogP contribution in [0.15, 0.2) is 18.2 Å². The van der Waals surface area contributed by atoms with E-state index in [4.69, 9.17) is 0 Å². The molecule has 1 rings (SSSR count). The fraction of sp³-hybridized carbons (Fsp3) is 0.500. The second-order valence-corrected chi connectivity index (χ2v) is 7.00.